The summed E-state index contributed by atoms with van der Waals surface area (Å²) in [5, 5.41) is 0. The molecule has 0 bridgehead atoms. The van der Waals surface area contributed by atoms with Crippen molar-refractivity contribution >= 4 is 17.5 Å². The van der Waals surface area contributed by atoms with Crippen LogP contribution in [-0.2, 0) is 14.3 Å². The monoisotopic (exact) mass is 413 g/mol. The Kier molecular flexibility index (Phi) is 6.61. The van der Waals surface area contributed by atoms with Crippen molar-refractivity contribution in [1.29, 1.82) is 0 Å². The first-order chi connectivity index (χ1) is 14.6. The topological polar surface area (TPSA) is 53.1 Å². The number of rotatable bonds is 5. The molecular weight excluding hydrogens is 378 g/mol. The Morgan fingerprint density at radius 3 is 2.70 bits per heavy atom. The van der Waals surface area contributed by atoms with Gasteiger partial charge >= 0.3 is 0 Å². The number of amides is 2. The number of ether oxygens (including phenoxy) is 1. The third-order valence-corrected chi connectivity index (χ3v) is 7.16. The summed E-state index contributed by atoms with van der Waals surface area (Å²) >= 11 is 0. The van der Waals surface area contributed by atoms with Gasteiger partial charge in [-0.05, 0) is 30.4 Å². The van der Waals surface area contributed by atoms with Gasteiger partial charge in [-0.15, -0.1) is 0 Å². The number of carbonyl (C=O) groups is 2. The van der Waals surface area contributed by atoms with Gasteiger partial charge < -0.3 is 19.4 Å². The summed E-state index contributed by atoms with van der Waals surface area (Å²) in [6.07, 6.45) is 5.83. The van der Waals surface area contributed by atoms with Crippen LogP contribution >= 0.6 is 0 Å². The van der Waals surface area contributed by atoms with E-state index < -0.39 is 0 Å². The lowest BCUT2D eigenvalue weighted by atomic mass is 9.84. The van der Waals surface area contributed by atoms with E-state index >= 15 is 0 Å². The van der Waals surface area contributed by atoms with E-state index in [1.807, 2.05) is 4.90 Å². The predicted octanol–water partition coefficient (Wildman–Crippen LogP) is 3.08. The van der Waals surface area contributed by atoms with Crippen molar-refractivity contribution in [3.63, 3.8) is 0 Å². The zero-order valence-electron chi connectivity index (χ0n) is 18.4. The maximum atomic E-state index is 13.5. The summed E-state index contributed by atoms with van der Waals surface area (Å²) in [6, 6.07) is 8.49. The van der Waals surface area contributed by atoms with Crippen LogP contribution in [0, 0.1) is 11.8 Å². The van der Waals surface area contributed by atoms with E-state index in [2.05, 4.69) is 41.1 Å². The highest BCUT2D eigenvalue weighted by atomic mass is 16.5. The van der Waals surface area contributed by atoms with Crippen molar-refractivity contribution < 1.29 is 14.3 Å². The summed E-state index contributed by atoms with van der Waals surface area (Å²) in [6.45, 7) is 3.16. The van der Waals surface area contributed by atoms with E-state index in [1.54, 1.807) is 7.11 Å². The number of para-hydroxylation sites is 1. The van der Waals surface area contributed by atoms with Crippen molar-refractivity contribution in [2.24, 2.45) is 11.8 Å². The first kappa shape index (κ1) is 21.2. The van der Waals surface area contributed by atoms with E-state index in [0.717, 1.165) is 19.4 Å². The number of benzene rings is 1. The molecule has 1 aromatic rings. The molecule has 0 radical (unpaired) electrons. The van der Waals surface area contributed by atoms with Crippen molar-refractivity contribution in [2.75, 3.05) is 51.8 Å². The first-order valence-corrected chi connectivity index (χ1v) is 11.4. The van der Waals surface area contributed by atoms with Crippen LogP contribution in [0.2, 0.25) is 0 Å². The molecule has 0 spiro atoms. The molecule has 0 unspecified atom stereocenters. The molecule has 1 aliphatic carbocycles. The summed E-state index contributed by atoms with van der Waals surface area (Å²) in [5.41, 5.74) is 2.42. The van der Waals surface area contributed by atoms with Crippen LogP contribution in [0.3, 0.4) is 0 Å². The van der Waals surface area contributed by atoms with Gasteiger partial charge in [0.15, 0.2) is 0 Å². The average molecular weight is 414 g/mol. The standard InChI is InChI=1S/C24H35N3O3/c1-25-16-19-17-26(13-14-30-2)22(28)11-12-27(23(29)15-18-7-3-4-8-18)24(19)20-9-5-6-10-21(20)25/h5-6,9-10,18-19,24H,3-4,7-8,11-17H2,1-2H3/t19-,24-/m1/s1. The molecule has 3 aliphatic rings. The lowest BCUT2D eigenvalue weighted by molar-refractivity contribution is -0.142. The SMILES string of the molecule is COCCN1C[C@H]2CN(C)c3ccccc3[C@@H]2N(C(=O)CC2CCCC2)CCC1=O. The fraction of sp³-hybridized carbons (Fsp3) is 0.667. The summed E-state index contributed by atoms with van der Waals surface area (Å²) in [5.74, 6) is 1.07. The van der Waals surface area contributed by atoms with Gasteiger partial charge in [0.1, 0.15) is 0 Å². The Labute approximate surface area is 180 Å². The molecular formula is C24H35N3O3. The van der Waals surface area contributed by atoms with E-state index in [1.165, 1.54) is 24.1 Å². The van der Waals surface area contributed by atoms with Crippen molar-refractivity contribution in [1.82, 2.24) is 9.80 Å². The molecule has 6 heteroatoms. The normalized spacial score (nSPS) is 25.0. The van der Waals surface area contributed by atoms with Crippen LogP contribution in [0.25, 0.3) is 0 Å². The average Bonchev–Trinajstić information content (AvgIpc) is 3.24. The lowest BCUT2D eigenvalue weighted by Gasteiger charge is -2.47. The third kappa shape index (κ3) is 4.34. The molecule has 1 saturated heterocycles. The summed E-state index contributed by atoms with van der Waals surface area (Å²) in [7, 11) is 3.78. The molecule has 2 fully saturated rings. The van der Waals surface area contributed by atoms with E-state index in [4.69, 9.17) is 4.74 Å². The third-order valence-electron chi connectivity index (χ3n) is 7.16. The zero-order valence-corrected chi connectivity index (χ0v) is 18.4. The molecule has 30 heavy (non-hydrogen) atoms. The molecule has 2 amide bonds. The largest absolute Gasteiger partial charge is 0.383 e. The predicted molar refractivity (Wildman–Crippen MR) is 117 cm³/mol. The van der Waals surface area contributed by atoms with E-state index in [0.29, 0.717) is 45.0 Å². The number of hydrogen-bond donors (Lipinski definition) is 0. The second-order valence-corrected chi connectivity index (χ2v) is 9.17. The highest BCUT2D eigenvalue weighted by molar-refractivity contribution is 5.81. The number of fused-ring (bicyclic) bond motifs is 3. The highest BCUT2D eigenvalue weighted by Crippen LogP contribution is 2.42. The summed E-state index contributed by atoms with van der Waals surface area (Å²) in [4.78, 5) is 32.7. The van der Waals surface area contributed by atoms with Gasteiger partial charge in [-0.2, -0.15) is 0 Å². The maximum absolute atomic E-state index is 13.5. The molecule has 1 saturated carbocycles. The van der Waals surface area contributed by atoms with Gasteiger partial charge in [0, 0.05) is 64.8 Å². The number of carbonyl (C=O) groups excluding carboxylic acids is 2. The number of hydrogen-bond acceptors (Lipinski definition) is 4. The second-order valence-electron chi connectivity index (χ2n) is 9.17. The molecule has 4 rings (SSSR count). The van der Waals surface area contributed by atoms with Gasteiger partial charge in [-0.1, -0.05) is 31.0 Å². The number of nitrogens with zero attached hydrogens (tertiary/aromatic N) is 3. The highest BCUT2D eigenvalue weighted by Gasteiger charge is 2.41. The van der Waals surface area contributed by atoms with Gasteiger partial charge in [0.2, 0.25) is 11.8 Å². The van der Waals surface area contributed by atoms with Crippen LogP contribution < -0.4 is 4.90 Å². The summed E-state index contributed by atoms with van der Waals surface area (Å²) < 4.78 is 5.24. The molecule has 164 valence electrons. The number of methoxy groups -OCH3 is 1. The minimum absolute atomic E-state index is 0.0319. The maximum Gasteiger partial charge on any atom is 0.224 e. The van der Waals surface area contributed by atoms with Gasteiger partial charge in [-0.25, -0.2) is 0 Å². The zero-order chi connectivity index (χ0) is 21.1. The minimum Gasteiger partial charge on any atom is -0.383 e. The quantitative estimate of drug-likeness (QED) is 0.744. The first-order valence-electron chi connectivity index (χ1n) is 11.4. The van der Waals surface area contributed by atoms with E-state index in [9.17, 15) is 9.59 Å². The molecule has 6 nitrogen and oxygen atoms in total. The van der Waals surface area contributed by atoms with Crippen molar-refractivity contribution in [3.8, 4) is 0 Å². The fourth-order valence-corrected chi connectivity index (χ4v) is 5.64. The Morgan fingerprint density at radius 1 is 1.17 bits per heavy atom. The van der Waals surface area contributed by atoms with Crippen LogP contribution in [-0.4, -0.2) is 68.6 Å². The molecule has 0 N–H and O–H groups in total. The number of anilines is 1. The minimum atomic E-state index is 0.0319. The van der Waals surface area contributed by atoms with Crippen LogP contribution in [0.15, 0.2) is 24.3 Å². The van der Waals surface area contributed by atoms with Gasteiger partial charge in [0.05, 0.1) is 12.6 Å². The molecule has 2 aliphatic heterocycles. The van der Waals surface area contributed by atoms with E-state index in [-0.39, 0.29) is 23.8 Å². The fourth-order valence-electron chi connectivity index (χ4n) is 5.64. The Hall–Kier alpha value is -2.08. The Bertz CT molecular complexity index is 762. The van der Waals surface area contributed by atoms with Crippen molar-refractivity contribution in [3.05, 3.63) is 29.8 Å². The molecule has 1 aromatic carbocycles. The van der Waals surface area contributed by atoms with Crippen LogP contribution in [0.5, 0.6) is 0 Å². The molecule has 0 aromatic heterocycles. The Morgan fingerprint density at radius 2 is 1.93 bits per heavy atom. The van der Waals surface area contributed by atoms with Gasteiger partial charge in [-0.3, -0.25) is 9.59 Å². The van der Waals surface area contributed by atoms with Crippen LogP contribution in [0.4, 0.5) is 5.69 Å². The molecule has 2 heterocycles. The van der Waals surface area contributed by atoms with Crippen molar-refractivity contribution in [2.45, 2.75) is 44.6 Å². The second kappa shape index (κ2) is 9.38. The molecule has 2 atom stereocenters. The van der Waals surface area contributed by atoms with Gasteiger partial charge in [0.25, 0.3) is 0 Å². The smallest absolute Gasteiger partial charge is 0.224 e. The van der Waals surface area contributed by atoms with Crippen LogP contribution in [0.1, 0.15) is 50.1 Å². The lowest BCUT2D eigenvalue weighted by Crippen LogP contribution is -2.53. The Balaban J connectivity index is 1.65.